The van der Waals surface area contributed by atoms with Gasteiger partial charge in [-0.2, -0.15) is 0 Å². The van der Waals surface area contributed by atoms with Crippen LogP contribution in [0.25, 0.3) is 11.0 Å². The van der Waals surface area contributed by atoms with E-state index in [9.17, 15) is 10.1 Å². The van der Waals surface area contributed by atoms with Gasteiger partial charge in [-0.15, -0.1) is 0 Å². The number of hydrogen-bond donors (Lipinski definition) is 0. The molecule has 0 radical (unpaired) electrons. The molecule has 2 aromatic heterocycles. The van der Waals surface area contributed by atoms with Gasteiger partial charge in [0.2, 0.25) is 0 Å². The van der Waals surface area contributed by atoms with E-state index in [1.165, 1.54) is 6.20 Å². The first-order chi connectivity index (χ1) is 7.75. The standard InChI is InChI=1S/C10H9N3O3/c14-13(15)8-3-7-1-2-12(9-5-16-6-9)10(7)11-4-8/h1-4,9H,5-6H2. The summed E-state index contributed by atoms with van der Waals surface area (Å²) in [7, 11) is 0. The predicted octanol–water partition coefficient (Wildman–Crippen LogP) is 1.52. The van der Waals surface area contributed by atoms with Crippen LogP contribution >= 0.6 is 0 Å². The number of ether oxygens (including phenoxy) is 1. The minimum absolute atomic E-state index is 0.0232. The van der Waals surface area contributed by atoms with Crippen molar-refractivity contribution in [1.29, 1.82) is 0 Å². The maximum absolute atomic E-state index is 10.6. The van der Waals surface area contributed by atoms with Gasteiger partial charge >= 0.3 is 0 Å². The van der Waals surface area contributed by atoms with Gasteiger partial charge in [0.15, 0.2) is 0 Å². The molecule has 0 amide bonds. The van der Waals surface area contributed by atoms with E-state index in [4.69, 9.17) is 4.74 Å². The van der Waals surface area contributed by atoms with Gasteiger partial charge in [-0.1, -0.05) is 0 Å². The molecule has 2 aromatic rings. The first kappa shape index (κ1) is 9.29. The Bertz CT molecular complexity index is 559. The SMILES string of the molecule is O=[N+]([O-])c1cnc2c(ccn2C2COC2)c1. The number of fused-ring (bicyclic) bond motifs is 1. The molecule has 0 aliphatic carbocycles. The molecule has 1 saturated heterocycles. The molecule has 6 nitrogen and oxygen atoms in total. The third-order valence-corrected chi connectivity index (χ3v) is 2.76. The Hall–Kier alpha value is -1.95. The molecule has 6 heteroatoms. The van der Waals surface area contributed by atoms with Gasteiger partial charge in [-0.25, -0.2) is 4.98 Å². The van der Waals surface area contributed by atoms with Gasteiger partial charge in [0.05, 0.1) is 24.2 Å². The smallest absolute Gasteiger partial charge is 0.288 e. The second-order valence-corrected chi connectivity index (χ2v) is 3.78. The maximum Gasteiger partial charge on any atom is 0.288 e. The predicted molar refractivity (Wildman–Crippen MR) is 56.2 cm³/mol. The second-order valence-electron chi connectivity index (χ2n) is 3.78. The van der Waals surface area contributed by atoms with Crippen LogP contribution in [0.2, 0.25) is 0 Å². The van der Waals surface area contributed by atoms with Gasteiger partial charge in [0.1, 0.15) is 11.8 Å². The molecule has 3 rings (SSSR count). The minimum atomic E-state index is -0.434. The molecule has 82 valence electrons. The third-order valence-electron chi connectivity index (χ3n) is 2.76. The van der Waals surface area contributed by atoms with Gasteiger partial charge in [-0.3, -0.25) is 10.1 Å². The quantitative estimate of drug-likeness (QED) is 0.567. The lowest BCUT2D eigenvalue weighted by Crippen LogP contribution is -2.30. The Morgan fingerprint density at radius 1 is 1.56 bits per heavy atom. The molecule has 0 unspecified atom stereocenters. The van der Waals surface area contributed by atoms with E-state index in [0.717, 1.165) is 11.0 Å². The highest BCUT2D eigenvalue weighted by atomic mass is 16.6. The van der Waals surface area contributed by atoms with Crippen LogP contribution in [0.4, 0.5) is 5.69 Å². The van der Waals surface area contributed by atoms with Crippen LogP contribution in [0.1, 0.15) is 6.04 Å². The van der Waals surface area contributed by atoms with Crippen LogP contribution < -0.4 is 0 Å². The zero-order chi connectivity index (χ0) is 11.1. The van der Waals surface area contributed by atoms with Crippen molar-refractivity contribution >= 4 is 16.7 Å². The highest BCUT2D eigenvalue weighted by molar-refractivity contribution is 5.78. The lowest BCUT2D eigenvalue weighted by molar-refractivity contribution is -0.385. The van der Waals surface area contributed by atoms with Crippen LogP contribution in [0, 0.1) is 10.1 Å². The number of pyridine rings is 1. The molecule has 1 fully saturated rings. The van der Waals surface area contributed by atoms with Crippen molar-refractivity contribution in [2.24, 2.45) is 0 Å². The van der Waals surface area contributed by atoms with Crippen LogP contribution in [0.5, 0.6) is 0 Å². The molecule has 0 spiro atoms. The maximum atomic E-state index is 10.6. The van der Waals surface area contributed by atoms with E-state index >= 15 is 0 Å². The van der Waals surface area contributed by atoms with Gasteiger partial charge in [0.25, 0.3) is 5.69 Å². The van der Waals surface area contributed by atoms with Crippen molar-refractivity contribution in [3.8, 4) is 0 Å². The molecule has 0 aromatic carbocycles. The molecule has 0 bridgehead atoms. The Balaban J connectivity index is 2.10. The van der Waals surface area contributed by atoms with Crippen LogP contribution in [0.15, 0.2) is 24.5 Å². The first-order valence-corrected chi connectivity index (χ1v) is 4.94. The van der Waals surface area contributed by atoms with E-state index in [1.54, 1.807) is 6.07 Å². The summed E-state index contributed by atoms with van der Waals surface area (Å²) in [6, 6.07) is 3.69. The number of aromatic nitrogens is 2. The van der Waals surface area contributed by atoms with E-state index < -0.39 is 4.92 Å². The van der Waals surface area contributed by atoms with Crippen LogP contribution in [0.3, 0.4) is 0 Å². The average molecular weight is 219 g/mol. The fraction of sp³-hybridized carbons (Fsp3) is 0.300. The zero-order valence-electron chi connectivity index (χ0n) is 8.37. The molecule has 0 atom stereocenters. The Labute approximate surface area is 90.6 Å². The molecular formula is C10H9N3O3. The van der Waals surface area contributed by atoms with Crippen molar-refractivity contribution in [1.82, 2.24) is 9.55 Å². The van der Waals surface area contributed by atoms with Crippen molar-refractivity contribution in [3.05, 3.63) is 34.6 Å². The Kier molecular flexibility index (Phi) is 1.90. The molecule has 1 aliphatic heterocycles. The Morgan fingerprint density at radius 3 is 3.00 bits per heavy atom. The summed E-state index contributed by atoms with van der Waals surface area (Å²) in [5.74, 6) is 0. The summed E-state index contributed by atoms with van der Waals surface area (Å²) in [4.78, 5) is 14.3. The first-order valence-electron chi connectivity index (χ1n) is 4.94. The summed E-state index contributed by atoms with van der Waals surface area (Å²) < 4.78 is 7.12. The fourth-order valence-corrected chi connectivity index (χ4v) is 1.81. The van der Waals surface area contributed by atoms with Crippen molar-refractivity contribution in [2.75, 3.05) is 13.2 Å². The number of nitrogens with zero attached hydrogens (tertiary/aromatic N) is 3. The summed E-state index contributed by atoms with van der Waals surface area (Å²) in [5, 5.41) is 11.4. The second kappa shape index (κ2) is 3.28. The monoisotopic (exact) mass is 219 g/mol. The average Bonchev–Trinajstić information content (AvgIpc) is 2.59. The number of rotatable bonds is 2. The zero-order valence-corrected chi connectivity index (χ0v) is 8.37. The fourth-order valence-electron chi connectivity index (χ4n) is 1.81. The summed E-state index contributed by atoms with van der Waals surface area (Å²) in [5.41, 5.74) is 0.800. The highest BCUT2D eigenvalue weighted by Gasteiger charge is 2.22. The Morgan fingerprint density at radius 2 is 2.38 bits per heavy atom. The largest absolute Gasteiger partial charge is 0.377 e. The van der Waals surface area contributed by atoms with Gasteiger partial charge in [-0.05, 0) is 6.07 Å². The highest BCUT2D eigenvalue weighted by Crippen LogP contribution is 2.25. The number of nitro groups is 1. The van der Waals surface area contributed by atoms with Gasteiger partial charge < -0.3 is 9.30 Å². The molecule has 3 heterocycles. The lowest BCUT2D eigenvalue weighted by Gasteiger charge is -2.27. The summed E-state index contributed by atoms with van der Waals surface area (Å²) >= 11 is 0. The minimum Gasteiger partial charge on any atom is -0.377 e. The topological polar surface area (TPSA) is 70.2 Å². The lowest BCUT2D eigenvalue weighted by atomic mass is 10.2. The molecule has 0 N–H and O–H groups in total. The van der Waals surface area contributed by atoms with Crippen LogP contribution in [-0.2, 0) is 4.74 Å². The molecule has 0 saturated carbocycles. The van der Waals surface area contributed by atoms with E-state index in [2.05, 4.69) is 4.98 Å². The molecular weight excluding hydrogens is 210 g/mol. The number of hydrogen-bond acceptors (Lipinski definition) is 4. The van der Waals surface area contributed by atoms with Crippen molar-refractivity contribution in [3.63, 3.8) is 0 Å². The van der Waals surface area contributed by atoms with Crippen molar-refractivity contribution < 1.29 is 9.66 Å². The summed E-state index contributed by atoms with van der Waals surface area (Å²) in [6.07, 6.45) is 3.19. The normalized spacial score (nSPS) is 16.2. The van der Waals surface area contributed by atoms with E-state index in [0.29, 0.717) is 19.3 Å². The van der Waals surface area contributed by atoms with Gasteiger partial charge in [0, 0.05) is 17.6 Å². The summed E-state index contributed by atoms with van der Waals surface area (Å²) in [6.45, 7) is 1.37. The van der Waals surface area contributed by atoms with E-state index in [-0.39, 0.29) is 5.69 Å². The van der Waals surface area contributed by atoms with Crippen LogP contribution in [-0.4, -0.2) is 27.7 Å². The molecule has 16 heavy (non-hydrogen) atoms. The molecule has 1 aliphatic rings. The van der Waals surface area contributed by atoms with E-state index in [1.807, 2.05) is 16.8 Å². The third kappa shape index (κ3) is 1.27. The van der Waals surface area contributed by atoms with Crippen molar-refractivity contribution in [2.45, 2.75) is 6.04 Å².